The molecule has 1 atom stereocenters. The fourth-order valence-corrected chi connectivity index (χ4v) is 3.17. The fraction of sp³-hybridized carbons (Fsp3) is 0.318. The lowest BCUT2D eigenvalue weighted by atomic mass is 9.89. The molecule has 0 saturated carbocycles. The van der Waals surface area contributed by atoms with Gasteiger partial charge in [0.1, 0.15) is 11.5 Å². The van der Waals surface area contributed by atoms with Crippen LogP contribution in [0, 0.1) is 0 Å². The van der Waals surface area contributed by atoms with Crippen molar-refractivity contribution in [3.05, 3.63) is 64.2 Å². The number of ether oxygens (including phenoxy) is 1. The number of rotatable bonds is 4. The summed E-state index contributed by atoms with van der Waals surface area (Å²) in [7, 11) is 0. The van der Waals surface area contributed by atoms with Crippen LogP contribution < -0.4 is 0 Å². The van der Waals surface area contributed by atoms with Crippen molar-refractivity contribution in [2.45, 2.75) is 46.0 Å². The number of fused-ring (bicyclic) bond motifs is 1. The SMILES string of the molecule is CC[C@@H](C)c1cc(/C=C2/OC(=O)c3ccccc32)cc(C(C)C)c1O. The molecule has 3 nitrogen and oxygen atoms in total. The molecule has 0 bridgehead atoms. The van der Waals surface area contributed by atoms with Gasteiger partial charge in [-0.25, -0.2) is 4.79 Å². The van der Waals surface area contributed by atoms with E-state index in [1.165, 1.54) is 0 Å². The zero-order valence-electron chi connectivity index (χ0n) is 15.2. The highest BCUT2D eigenvalue weighted by molar-refractivity contribution is 6.05. The lowest BCUT2D eigenvalue weighted by molar-refractivity contribution is 0.0717. The molecule has 0 amide bonds. The quantitative estimate of drug-likeness (QED) is 0.729. The molecule has 25 heavy (non-hydrogen) atoms. The third-order valence-electron chi connectivity index (χ3n) is 4.87. The molecule has 0 spiro atoms. The molecule has 1 heterocycles. The Labute approximate surface area is 149 Å². The number of esters is 1. The Bertz CT molecular complexity index is 846. The summed E-state index contributed by atoms with van der Waals surface area (Å²) >= 11 is 0. The fourth-order valence-electron chi connectivity index (χ4n) is 3.17. The maximum absolute atomic E-state index is 12.0. The first-order valence-corrected chi connectivity index (χ1v) is 8.82. The molecule has 0 fully saturated rings. The average Bonchev–Trinajstić information content (AvgIpc) is 2.91. The summed E-state index contributed by atoms with van der Waals surface area (Å²) in [4.78, 5) is 12.0. The number of phenolic OH excluding ortho intramolecular Hbond substituents is 1. The third kappa shape index (κ3) is 3.19. The molecular formula is C22H24O3. The van der Waals surface area contributed by atoms with Crippen LogP contribution in [0.2, 0.25) is 0 Å². The highest BCUT2D eigenvalue weighted by Crippen LogP contribution is 2.38. The highest BCUT2D eigenvalue weighted by Gasteiger charge is 2.26. The van der Waals surface area contributed by atoms with Gasteiger partial charge in [0.05, 0.1) is 5.56 Å². The molecule has 0 aromatic heterocycles. The van der Waals surface area contributed by atoms with E-state index in [-0.39, 0.29) is 17.8 Å². The molecule has 1 aliphatic rings. The second-order valence-corrected chi connectivity index (χ2v) is 6.96. The van der Waals surface area contributed by atoms with Gasteiger partial charge in [-0.15, -0.1) is 0 Å². The van der Waals surface area contributed by atoms with E-state index in [9.17, 15) is 9.90 Å². The number of hydrogen-bond acceptors (Lipinski definition) is 3. The summed E-state index contributed by atoms with van der Waals surface area (Å²) in [5.41, 5.74) is 4.22. The third-order valence-corrected chi connectivity index (χ3v) is 4.87. The summed E-state index contributed by atoms with van der Waals surface area (Å²) in [5.74, 6) is 1.10. The van der Waals surface area contributed by atoms with Gasteiger partial charge < -0.3 is 9.84 Å². The van der Waals surface area contributed by atoms with Gasteiger partial charge in [0.2, 0.25) is 0 Å². The van der Waals surface area contributed by atoms with Gasteiger partial charge in [0.15, 0.2) is 0 Å². The Kier molecular flexibility index (Phi) is 4.67. The normalized spacial score (nSPS) is 16.2. The average molecular weight is 336 g/mol. The molecule has 1 aliphatic heterocycles. The highest BCUT2D eigenvalue weighted by atomic mass is 16.5. The van der Waals surface area contributed by atoms with Crippen LogP contribution in [-0.2, 0) is 4.74 Å². The minimum atomic E-state index is -0.313. The van der Waals surface area contributed by atoms with Gasteiger partial charge in [0, 0.05) is 5.56 Å². The van der Waals surface area contributed by atoms with E-state index in [0.29, 0.717) is 17.1 Å². The van der Waals surface area contributed by atoms with Crippen molar-refractivity contribution in [3.8, 4) is 5.75 Å². The maximum atomic E-state index is 12.0. The van der Waals surface area contributed by atoms with Gasteiger partial charge in [-0.2, -0.15) is 0 Å². The van der Waals surface area contributed by atoms with Crippen LogP contribution in [0.4, 0.5) is 0 Å². The van der Waals surface area contributed by atoms with Gasteiger partial charge >= 0.3 is 5.97 Å². The first kappa shape index (κ1) is 17.3. The summed E-state index contributed by atoms with van der Waals surface area (Å²) in [6.07, 6.45) is 2.84. The van der Waals surface area contributed by atoms with Gasteiger partial charge in [-0.3, -0.25) is 0 Å². The van der Waals surface area contributed by atoms with Crippen molar-refractivity contribution in [2.75, 3.05) is 0 Å². The minimum Gasteiger partial charge on any atom is -0.507 e. The lowest BCUT2D eigenvalue weighted by Crippen LogP contribution is -1.99. The number of aromatic hydroxyl groups is 1. The Morgan fingerprint density at radius 3 is 2.36 bits per heavy atom. The number of carbonyl (C=O) groups is 1. The van der Waals surface area contributed by atoms with E-state index in [0.717, 1.165) is 28.7 Å². The number of carbonyl (C=O) groups excluding carboxylic acids is 1. The Balaban J connectivity index is 2.12. The van der Waals surface area contributed by atoms with Crippen LogP contribution in [0.25, 0.3) is 11.8 Å². The summed E-state index contributed by atoms with van der Waals surface area (Å²) in [6.45, 7) is 8.36. The number of hydrogen-bond donors (Lipinski definition) is 1. The number of cyclic esters (lactones) is 1. The monoisotopic (exact) mass is 336 g/mol. The van der Waals surface area contributed by atoms with Crippen molar-refractivity contribution in [2.24, 2.45) is 0 Å². The molecule has 3 rings (SSSR count). The minimum absolute atomic E-state index is 0.208. The first-order chi connectivity index (χ1) is 11.9. The van der Waals surface area contributed by atoms with Crippen molar-refractivity contribution in [3.63, 3.8) is 0 Å². The molecule has 2 aromatic carbocycles. The van der Waals surface area contributed by atoms with Crippen molar-refractivity contribution < 1.29 is 14.6 Å². The van der Waals surface area contributed by atoms with E-state index >= 15 is 0 Å². The lowest BCUT2D eigenvalue weighted by Gasteiger charge is -2.18. The van der Waals surface area contributed by atoms with Crippen LogP contribution in [0.15, 0.2) is 36.4 Å². The molecule has 0 radical (unpaired) electrons. The molecule has 2 aromatic rings. The molecule has 0 saturated heterocycles. The predicted molar refractivity (Wildman–Crippen MR) is 101 cm³/mol. The second kappa shape index (κ2) is 6.75. The smallest absolute Gasteiger partial charge is 0.344 e. The van der Waals surface area contributed by atoms with Crippen LogP contribution in [0.1, 0.15) is 78.6 Å². The number of benzene rings is 2. The van der Waals surface area contributed by atoms with Crippen LogP contribution >= 0.6 is 0 Å². The molecular weight excluding hydrogens is 312 g/mol. The van der Waals surface area contributed by atoms with Gasteiger partial charge in [0.25, 0.3) is 0 Å². The predicted octanol–water partition coefficient (Wildman–Crippen LogP) is 5.70. The van der Waals surface area contributed by atoms with Crippen molar-refractivity contribution in [1.82, 2.24) is 0 Å². The topological polar surface area (TPSA) is 46.5 Å². The Morgan fingerprint density at radius 1 is 1.08 bits per heavy atom. The Morgan fingerprint density at radius 2 is 1.72 bits per heavy atom. The molecule has 1 N–H and O–H groups in total. The van der Waals surface area contributed by atoms with E-state index in [1.807, 2.05) is 36.4 Å². The largest absolute Gasteiger partial charge is 0.507 e. The van der Waals surface area contributed by atoms with E-state index in [4.69, 9.17) is 4.74 Å². The number of phenols is 1. The Hall–Kier alpha value is -2.55. The van der Waals surface area contributed by atoms with Gasteiger partial charge in [-0.1, -0.05) is 45.9 Å². The van der Waals surface area contributed by atoms with Crippen LogP contribution in [0.3, 0.4) is 0 Å². The zero-order chi connectivity index (χ0) is 18.1. The first-order valence-electron chi connectivity index (χ1n) is 8.82. The van der Waals surface area contributed by atoms with Crippen LogP contribution in [0.5, 0.6) is 5.75 Å². The summed E-state index contributed by atoms with van der Waals surface area (Å²) in [6, 6.07) is 11.4. The van der Waals surface area contributed by atoms with E-state index < -0.39 is 0 Å². The van der Waals surface area contributed by atoms with Crippen LogP contribution in [-0.4, -0.2) is 11.1 Å². The molecule has 130 valence electrons. The molecule has 3 heteroatoms. The van der Waals surface area contributed by atoms with Crippen molar-refractivity contribution >= 4 is 17.8 Å². The zero-order valence-corrected chi connectivity index (χ0v) is 15.2. The second-order valence-electron chi connectivity index (χ2n) is 6.96. The van der Waals surface area contributed by atoms with E-state index in [1.54, 1.807) is 6.07 Å². The summed E-state index contributed by atoms with van der Waals surface area (Å²) < 4.78 is 5.45. The maximum Gasteiger partial charge on any atom is 0.344 e. The summed E-state index contributed by atoms with van der Waals surface area (Å²) in [5, 5.41) is 10.6. The molecule has 0 unspecified atom stereocenters. The van der Waals surface area contributed by atoms with E-state index in [2.05, 4.69) is 27.7 Å². The van der Waals surface area contributed by atoms with Gasteiger partial charge in [-0.05, 0) is 59.2 Å². The van der Waals surface area contributed by atoms with Crippen molar-refractivity contribution in [1.29, 1.82) is 0 Å². The molecule has 0 aliphatic carbocycles. The standard InChI is InChI=1S/C22H24O3/c1-5-14(4)19-11-15(10-18(13(2)3)21(19)23)12-20-16-8-6-7-9-17(16)22(24)25-20/h6-14,23H,5H2,1-4H3/b20-12+/t14-/m1/s1.